The van der Waals surface area contributed by atoms with Gasteiger partial charge in [0.2, 0.25) is 11.8 Å². The van der Waals surface area contributed by atoms with Gasteiger partial charge >= 0.3 is 5.97 Å². The Labute approximate surface area is 194 Å². The van der Waals surface area contributed by atoms with Crippen molar-refractivity contribution in [1.29, 1.82) is 0 Å². The molecule has 0 radical (unpaired) electrons. The van der Waals surface area contributed by atoms with Crippen LogP contribution in [0.15, 0.2) is 21.3 Å². The number of nitrogens with zero attached hydrogens (tertiary/aromatic N) is 6. The lowest BCUT2D eigenvalue weighted by molar-refractivity contribution is -0.141. The van der Waals surface area contributed by atoms with Gasteiger partial charge in [0, 0.05) is 64.9 Å². The second-order valence-corrected chi connectivity index (χ2v) is 9.16. The van der Waals surface area contributed by atoms with Crippen LogP contribution in [0.1, 0.15) is 12.8 Å². The number of hydrogen-bond acceptors (Lipinski definition) is 6. The number of carboxylic acid groups (broad SMARTS) is 1. The third kappa shape index (κ3) is 5.15. The fourth-order valence-corrected chi connectivity index (χ4v) is 4.63. The highest BCUT2D eigenvalue weighted by Crippen LogP contribution is 2.30. The molecular weight excluding hydrogens is 540 g/mol. The van der Waals surface area contributed by atoms with E-state index in [0.717, 1.165) is 4.47 Å². The minimum Gasteiger partial charge on any atom is -0.481 e. The number of carbonyl (C=O) groups excluding carboxylic acids is 2. The summed E-state index contributed by atoms with van der Waals surface area (Å²) in [5.41, 5.74) is 0. The Kier molecular flexibility index (Phi) is 7.17. The molecule has 2 aromatic rings. The summed E-state index contributed by atoms with van der Waals surface area (Å²) in [5.74, 6) is -0.606. The lowest BCUT2D eigenvalue weighted by Gasteiger charge is -2.13. The number of amides is 2. The first-order valence-corrected chi connectivity index (χ1v) is 11.0. The van der Waals surface area contributed by atoms with E-state index in [9.17, 15) is 14.4 Å². The van der Waals surface area contributed by atoms with Gasteiger partial charge in [-0.2, -0.15) is 10.2 Å². The van der Waals surface area contributed by atoms with Crippen LogP contribution in [-0.4, -0.2) is 67.3 Å². The maximum absolute atomic E-state index is 11.7. The molecule has 2 fully saturated rings. The van der Waals surface area contributed by atoms with Gasteiger partial charge in [0.25, 0.3) is 0 Å². The predicted octanol–water partition coefficient (Wildman–Crippen LogP) is 1.15. The number of aliphatic hydroxyl groups is 1. The van der Waals surface area contributed by atoms with Crippen LogP contribution in [0, 0.1) is 11.8 Å². The molecule has 4 rings (SSSR count). The molecule has 0 spiro atoms. The van der Waals surface area contributed by atoms with Gasteiger partial charge < -0.3 is 10.2 Å². The number of aliphatic carboxylic acids is 1. The van der Waals surface area contributed by atoms with E-state index in [1.54, 1.807) is 40.8 Å². The van der Waals surface area contributed by atoms with Crippen molar-refractivity contribution in [1.82, 2.24) is 19.6 Å². The third-order valence-corrected chi connectivity index (χ3v) is 6.10. The van der Waals surface area contributed by atoms with Gasteiger partial charge in [0.15, 0.2) is 11.6 Å². The molecule has 0 aliphatic carbocycles. The fraction of sp³-hybridized carbons (Fsp3) is 0.500. The number of aliphatic hydroxyl groups excluding tert-OH is 1. The molecular formula is C18H22Br2N6O5. The molecule has 2 unspecified atom stereocenters. The zero-order chi connectivity index (χ0) is 22.9. The second-order valence-electron chi connectivity index (χ2n) is 7.45. The maximum atomic E-state index is 11.7. The largest absolute Gasteiger partial charge is 0.481 e. The fourth-order valence-electron chi connectivity index (χ4n) is 3.45. The SMILES string of the molecule is Cn1cc(Br)c(N2CC(C(=O)O)CC2=O)n1.Cn1cc(Br)c(N2CC(CO)CC2=O)n1. The lowest BCUT2D eigenvalue weighted by atomic mass is 10.1. The highest BCUT2D eigenvalue weighted by molar-refractivity contribution is 9.11. The van der Waals surface area contributed by atoms with Crippen molar-refractivity contribution in [3.05, 3.63) is 21.3 Å². The van der Waals surface area contributed by atoms with Crippen molar-refractivity contribution in [2.24, 2.45) is 25.9 Å². The Balaban J connectivity index is 0.000000176. The summed E-state index contributed by atoms with van der Waals surface area (Å²) in [6.45, 7) is 0.779. The summed E-state index contributed by atoms with van der Waals surface area (Å²) in [6.07, 6.45) is 3.96. The van der Waals surface area contributed by atoms with E-state index in [0.29, 0.717) is 29.1 Å². The van der Waals surface area contributed by atoms with Gasteiger partial charge in [-0.3, -0.25) is 33.5 Å². The number of anilines is 2. The van der Waals surface area contributed by atoms with Gasteiger partial charge in [-0.25, -0.2) is 0 Å². The topological polar surface area (TPSA) is 134 Å². The molecule has 2 aliphatic heterocycles. The summed E-state index contributed by atoms with van der Waals surface area (Å²) >= 11 is 6.64. The minimum absolute atomic E-state index is 0.0217. The first kappa shape index (κ1) is 23.4. The number of carbonyl (C=O) groups is 3. The van der Waals surface area contributed by atoms with Gasteiger partial charge in [-0.15, -0.1) is 0 Å². The number of halogens is 2. The first-order valence-electron chi connectivity index (χ1n) is 9.43. The van der Waals surface area contributed by atoms with Crippen molar-refractivity contribution in [3.8, 4) is 0 Å². The Hall–Kier alpha value is -2.25. The van der Waals surface area contributed by atoms with Crippen LogP contribution in [0.4, 0.5) is 11.6 Å². The molecule has 0 bridgehead atoms. The van der Waals surface area contributed by atoms with E-state index in [1.165, 1.54) is 4.90 Å². The van der Waals surface area contributed by atoms with Crippen LogP contribution < -0.4 is 9.80 Å². The second kappa shape index (κ2) is 9.49. The minimum atomic E-state index is -0.942. The van der Waals surface area contributed by atoms with Crippen LogP contribution in [-0.2, 0) is 28.5 Å². The summed E-state index contributed by atoms with van der Waals surface area (Å²) in [4.78, 5) is 37.1. The van der Waals surface area contributed by atoms with Crippen LogP contribution in [0.3, 0.4) is 0 Å². The molecule has 2 saturated heterocycles. The smallest absolute Gasteiger partial charge is 0.308 e. The van der Waals surface area contributed by atoms with Crippen molar-refractivity contribution < 1.29 is 24.6 Å². The van der Waals surface area contributed by atoms with Crippen molar-refractivity contribution in [2.45, 2.75) is 12.8 Å². The normalized spacial score (nSPS) is 20.9. The van der Waals surface area contributed by atoms with Gasteiger partial charge in [0.1, 0.15) is 0 Å². The standard InChI is InChI=1S/C9H10BrN3O3.C9H12BrN3O2/c1-12-4-6(10)8(11-12)13-3-5(9(15)16)2-7(13)14;1-12-4-7(10)9(11-12)13-3-6(5-14)2-8(13)15/h4-5H,2-3H2,1H3,(H,15,16);4,6,14H,2-3,5H2,1H3. The van der Waals surface area contributed by atoms with E-state index in [1.807, 2.05) is 0 Å². The molecule has 0 saturated carbocycles. The molecule has 11 nitrogen and oxygen atoms in total. The molecule has 13 heteroatoms. The summed E-state index contributed by atoms with van der Waals surface area (Å²) in [5, 5.41) is 26.2. The molecule has 2 amide bonds. The third-order valence-electron chi connectivity index (χ3n) is 4.98. The summed E-state index contributed by atoms with van der Waals surface area (Å²) in [7, 11) is 3.54. The van der Waals surface area contributed by atoms with Crippen molar-refractivity contribution in [2.75, 3.05) is 29.5 Å². The first-order chi connectivity index (χ1) is 14.6. The average molecular weight is 562 g/mol. The summed E-state index contributed by atoms with van der Waals surface area (Å²) in [6, 6.07) is 0. The highest BCUT2D eigenvalue weighted by Gasteiger charge is 2.37. The molecule has 2 atom stereocenters. The number of carboxylic acids is 1. The molecule has 0 aromatic carbocycles. The van der Waals surface area contributed by atoms with E-state index in [4.69, 9.17) is 10.2 Å². The molecule has 2 N–H and O–H groups in total. The van der Waals surface area contributed by atoms with Crippen LogP contribution >= 0.6 is 31.9 Å². The zero-order valence-corrected chi connectivity index (χ0v) is 20.1. The average Bonchev–Trinajstić information content (AvgIpc) is 3.42. The maximum Gasteiger partial charge on any atom is 0.308 e. The lowest BCUT2D eigenvalue weighted by Crippen LogP contribution is -2.26. The molecule has 4 heterocycles. The van der Waals surface area contributed by atoms with Gasteiger partial charge in [-0.05, 0) is 31.9 Å². The van der Waals surface area contributed by atoms with Crippen LogP contribution in [0.5, 0.6) is 0 Å². The van der Waals surface area contributed by atoms with Gasteiger partial charge in [-0.1, -0.05) is 0 Å². The Morgan fingerprint density at radius 2 is 1.48 bits per heavy atom. The Morgan fingerprint density at radius 1 is 1.00 bits per heavy atom. The molecule has 2 aromatic heterocycles. The summed E-state index contributed by atoms with van der Waals surface area (Å²) < 4.78 is 4.71. The van der Waals surface area contributed by atoms with E-state index >= 15 is 0 Å². The van der Waals surface area contributed by atoms with Crippen molar-refractivity contribution in [3.63, 3.8) is 0 Å². The van der Waals surface area contributed by atoms with Crippen LogP contribution in [0.25, 0.3) is 0 Å². The number of hydrogen-bond donors (Lipinski definition) is 2. The molecule has 168 valence electrons. The quantitative estimate of drug-likeness (QED) is 0.572. The number of rotatable bonds is 4. The highest BCUT2D eigenvalue weighted by atomic mass is 79.9. The number of aromatic nitrogens is 4. The predicted molar refractivity (Wildman–Crippen MR) is 117 cm³/mol. The number of aryl methyl sites for hydroxylation is 2. The van der Waals surface area contributed by atoms with E-state index in [-0.39, 0.29) is 37.3 Å². The van der Waals surface area contributed by atoms with Gasteiger partial charge in [0.05, 0.1) is 14.9 Å². The van der Waals surface area contributed by atoms with Crippen LogP contribution in [0.2, 0.25) is 0 Å². The molecule has 31 heavy (non-hydrogen) atoms. The van der Waals surface area contributed by atoms with Crippen molar-refractivity contribution >= 4 is 61.3 Å². The monoisotopic (exact) mass is 560 g/mol. The Bertz CT molecular complexity index is 1010. The van der Waals surface area contributed by atoms with E-state index in [2.05, 4.69) is 42.1 Å². The molecule has 2 aliphatic rings. The Morgan fingerprint density at radius 3 is 1.84 bits per heavy atom. The van der Waals surface area contributed by atoms with E-state index < -0.39 is 11.9 Å². The zero-order valence-electron chi connectivity index (χ0n) is 16.9.